The molecule has 12 heavy (non-hydrogen) atoms. The van der Waals surface area contributed by atoms with Crippen LogP contribution in [0.4, 0.5) is 4.39 Å². The van der Waals surface area contributed by atoms with E-state index in [4.69, 9.17) is 11.6 Å². The number of aromatic nitrogens is 1. The molecule has 1 atom stereocenters. The Morgan fingerprint density at radius 2 is 2.33 bits per heavy atom. The highest BCUT2D eigenvalue weighted by atomic mass is 35.5. The lowest BCUT2D eigenvalue weighted by molar-refractivity contribution is 0.619. The van der Waals surface area contributed by atoms with Crippen LogP contribution in [0.3, 0.4) is 0 Å². The zero-order valence-corrected chi connectivity index (χ0v) is 8.42. The molecule has 0 aliphatic heterocycles. The molecule has 0 radical (unpaired) electrons. The van der Waals surface area contributed by atoms with Crippen LogP contribution in [0.15, 0.2) is 12.3 Å². The van der Waals surface area contributed by atoms with Crippen molar-refractivity contribution in [3.8, 4) is 0 Å². The molecule has 0 bridgehead atoms. The summed E-state index contributed by atoms with van der Waals surface area (Å²) in [7, 11) is 0. The fraction of sp³-hybridized carbons (Fsp3) is 0.375. The van der Waals surface area contributed by atoms with Crippen molar-refractivity contribution in [3.05, 3.63) is 28.8 Å². The summed E-state index contributed by atoms with van der Waals surface area (Å²) in [6.45, 7) is 2.00. The summed E-state index contributed by atoms with van der Waals surface area (Å²) in [6.07, 6.45) is 3.57. The Hall–Kier alpha value is -0.280. The molecule has 0 saturated carbocycles. The first-order chi connectivity index (χ1) is 5.65. The van der Waals surface area contributed by atoms with Crippen LogP contribution in [0.5, 0.6) is 0 Å². The minimum Gasteiger partial charge on any atom is -0.241 e. The average Bonchev–Trinajstić information content (AvgIpc) is 2.08. The molecule has 0 N–H and O–H groups in total. The van der Waals surface area contributed by atoms with E-state index in [1.165, 1.54) is 6.07 Å². The Morgan fingerprint density at radius 1 is 1.67 bits per heavy atom. The molecule has 0 amide bonds. The van der Waals surface area contributed by atoms with E-state index in [2.05, 4.69) is 4.98 Å². The van der Waals surface area contributed by atoms with Gasteiger partial charge in [0.15, 0.2) is 11.0 Å². The first kappa shape index (κ1) is 9.81. The molecule has 1 nitrogen and oxygen atoms in total. The van der Waals surface area contributed by atoms with Gasteiger partial charge in [0, 0.05) is 11.4 Å². The van der Waals surface area contributed by atoms with E-state index in [0.717, 1.165) is 5.56 Å². The van der Waals surface area contributed by atoms with E-state index in [1.807, 2.05) is 13.2 Å². The number of thioether (sulfide) groups is 1. The Morgan fingerprint density at radius 3 is 2.83 bits per heavy atom. The van der Waals surface area contributed by atoms with Crippen LogP contribution < -0.4 is 0 Å². The number of rotatable bonds is 2. The van der Waals surface area contributed by atoms with Crippen LogP contribution in [0.25, 0.3) is 0 Å². The minimum atomic E-state index is -0.449. The van der Waals surface area contributed by atoms with Gasteiger partial charge in [-0.3, -0.25) is 0 Å². The highest BCUT2D eigenvalue weighted by Crippen LogP contribution is 2.26. The van der Waals surface area contributed by atoms with Crippen molar-refractivity contribution in [1.82, 2.24) is 4.98 Å². The van der Waals surface area contributed by atoms with Crippen LogP contribution in [0.2, 0.25) is 5.15 Å². The Balaban J connectivity index is 2.96. The van der Waals surface area contributed by atoms with E-state index < -0.39 is 5.82 Å². The second-order valence-electron chi connectivity index (χ2n) is 2.42. The van der Waals surface area contributed by atoms with Gasteiger partial charge in [-0.25, -0.2) is 9.37 Å². The predicted octanol–water partition coefficient (Wildman–Crippen LogP) is 3.30. The maximum Gasteiger partial charge on any atom is 0.164 e. The van der Waals surface area contributed by atoms with Gasteiger partial charge >= 0.3 is 0 Å². The Labute approximate surface area is 80.3 Å². The smallest absolute Gasteiger partial charge is 0.164 e. The number of nitrogens with zero attached hydrogens (tertiary/aromatic N) is 1. The van der Waals surface area contributed by atoms with Crippen LogP contribution in [0, 0.1) is 5.82 Å². The lowest BCUT2D eigenvalue weighted by Crippen LogP contribution is -1.91. The zero-order chi connectivity index (χ0) is 9.14. The van der Waals surface area contributed by atoms with Crippen LogP contribution in [-0.4, -0.2) is 11.2 Å². The van der Waals surface area contributed by atoms with Crippen LogP contribution >= 0.6 is 23.4 Å². The van der Waals surface area contributed by atoms with Crippen LogP contribution in [-0.2, 0) is 0 Å². The molecule has 0 aliphatic carbocycles. The second kappa shape index (κ2) is 4.10. The van der Waals surface area contributed by atoms with Gasteiger partial charge in [-0.15, -0.1) is 0 Å². The minimum absolute atomic E-state index is 0.0629. The van der Waals surface area contributed by atoms with Gasteiger partial charge in [-0.1, -0.05) is 11.6 Å². The Kier molecular flexibility index (Phi) is 3.35. The van der Waals surface area contributed by atoms with E-state index in [-0.39, 0.29) is 10.4 Å². The third-order valence-corrected chi connectivity index (χ3v) is 2.90. The maximum atomic E-state index is 12.9. The Bertz CT molecular complexity index is 280. The summed E-state index contributed by atoms with van der Waals surface area (Å²) in [5.74, 6) is -0.449. The van der Waals surface area contributed by atoms with E-state index in [0.29, 0.717) is 0 Å². The number of hydrogen-bond acceptors (Lipinski definition) is 2. The quantitative estimate of drug-likeness (QED) is 0.688. The lowest BCUT2D eigenvalue weighted by Gasteiger charge is -2.07. The molecule has 1 aromatic heterocycles. The molecule has 0 spiro atoms. The van der Waals surface area contributed by atoms with Crippen molar-refractivity contribution in [2.45, 2.75) is 12.2 Å². The van der Waals surface area contributed by atoms with E-state index in [9.17, 15) is 4.39 Å². The van der Waals surface area contributed by atoms with Gasteiger partial charge in [0.1, 0.15) is 0 Å². The third kappa shape index (κ3) is 2.11. The van der Waals surface area contributed by atoms with Crippen molar-refractivity contribution in [3.63, 3.8) is 0 Å². The number of hydrogen-bond donors (Lipinski definition) is 0. The zero-order valence-electron chi connectivity index (χ0n) is 6.84. The van der Waals surface area contributed by atoms with Crippen LogP contribution in [0.1, 0.15) is 17.7 Å². The van der Waals surface area contributed by atoms with Crippen molar-refractivity contribution in [2.24, 2.45) is 0 Å². The summed E-state index contributed by atoms with van der Waals surface area (Å²) in [4.78, 5) is 3.72. The lowest BCUT2D eigenvalue weighted by atomic mass is 10.2. The summed E-state index contributed by atoms with van der Waals surface area (Å²) in [6, 6.07) is 1.43. The van der Waals surface area contributed by atoms with E-state index >= 15 is 0 Å². The predicted molar refractivity (Wildman–Crippen MR) is 51.1 cm³/mol. The number of halogens is 2. The van der Waals surface area contributed by atoms with Gasteiger partial charge in [0.2, 0.25) is 0 Å². The normalized spacial score (nSPS) is 13.0. The first-order valence-electron chi connectivity index (χ1n) is 3.49. The molecule has 1 aromatic rings. The van der Waals surface area contributed by atoms with Crippen molar-refractivity contribution >= 4 is 23.4 Å². The summed E-state index contributed by atoms with van der Waals surface area (Å²) in [5.41, 5.74) is 0.865. The molecule has 0 saturated heterocycles. The topological polar surface area (TPSA) is 12.9 Å². The van der Waals surface area contributed by atoms with Gasteiger partial charge < -0.3 is 0 Å². The maximum absolute atomic E-state index is 12.9. The summed E-state index contributed by atoms with van der Waals surface area (Å²) >= 11 is 7.08. The molecule has 0 fully saturated rings. The molecule has 1 heterocycles. The molecule has 4 heteroatoms. The largest absolute Gasteiger partial charge is 0.241 e. The van der Waals surface area contributed by atoms with Gasteiger partial charge in [-0.2, -0.15) is 11.8 Å². The standard InChI is InChI=1S/C8H9ClFNS/c1-5(12-2)6-3-7(10)8(9)11-4-6/h3-5H,1-2H3. The fourth-order valence-electron chi connectivity index (χ4n) is 0.794. The molecular formula is C8H9ClFNS. The van der Waals surface area contributed by atoms with E-state index in [1.54, 1.807) is 18.0 Å². The van der Waals surface area contributed by atoms with Crippen molar-refractivity contribution in [1.29, 1.82) is 0 Å². The fourth-order valence-corrected chi connectivity index (χ4v) is 1.30. The molecular weight excluding hydrogens is 197 g/mol. The summed E-state index contributed by atoms with van der Waals surface area (Å²) < 4.78 is 12.9. The molecule has 0 aliphatic rings. The highest BCUT2D eigenvalue weighted by Gasteiger charge is 2.07. The second-order valence-corrected chi connectivity index (χ2v) is 3.96. The summed E-state index contributed by atoms with van der Waals surface area (Å²) in [5, 5.41) is 0.191. The number of pyridine rings is 1. The SMILES string of the molecule is CSC(C)c1cnc(Cl)c(F)c1. The molecule has 1 unspecified atom stereocenters. The average molecular weight is 206 g/mol. The molecule has 66 valence electrons. The monoisotopic (exact) mass is 205 g/mol. The molecule has 0 aromatic carbocycles. The van der Waals surface area contributed by atoms with Gasteiger partial charge in [-0.05, 0) is 24.8 Å². The van der Waals surface area contributed by atoms with Crippen molar-refractivity contribution < 1.29 is 4.39 Å². The first-order valence-corrected chi connectivity index (χ1v) is 5.15. The highest BCUT2D eigenvalue weighted by molar-refractivity contribution is 7.98. The van der Waals surface area contributed by atoms with Gasteiger partial charge in [0.25, 0.3) is 0 Å². The van der Waals surface area contributed by atoms with Gasteiger partial charge in [0.05, 0.1) is 0 Å². The molecule has 1 rings (SSSR count). The third-order valence-electron chi connectivity index (χ3n) is 1.64. The van der Waals surface area contributed by atoms with Crippen molar-refractivity contribution in [2.75, 3.05) is 6.26 Å².